The highest BCUT2D eigenvalue weighted by Gasteiger charge is 2.30. The molecule has 7 rings (SSSR count). The molecule has 11 heteroatoms. The molecule has 1 saturated heterocycles. The Balaban J connectivity index is 1.17. The SMILES string of the molecule is CCNCc1cc(Cl)c(O[C@H]2CCc3c(-c4cccc(-c5nc6cc(CN7CCC(C(=O)O)C7)cc(C#N)c6o5)c4C)cccc32)nc1OC. The highest BCUT2D eigenvalue weighted by molar-refractivity contribution is 6.31. The van der Waals surface area contributed by atoms with Crippen molar-refractivity contribution in [1.29, 1.82) is 5.26 Å². The number of carboxylic acid groups (broad SMARTS) is 1. The molecule has 10 nitrogen and oxygen atoms in total. The highest BCUT2D eigenvalue weighted by atomic mass is 35.5. The summed E-state index contributed by atoms with van der Waals surface area (Å²) in [5, 5.41) is 23.1. The fourth-order valence-electron chi connectivity index (χ4n) is 7.24. The van der Waals surface area contributed by atoms with Crippen molar-refractivity contribution in [2.24, 2.45) is 5.92 Å². The van der Waals surface area contributed by atoms with E-state index in [1.54, 1.807) is 7.11 Å². The largest absolute Gasteiger partial charge is 0.481 e. The van der Waals surface area contributed by atoms with E-state index in [1.807, 2.05) is 37.3 Å². The molecule has 0 radical (unpaired) electrons. The van der Waals surface area contributed by atoms with Gasteiger partial charge in [0.05, 0.1) is 18.6 Å². The third-order valence-corrected chi connectivity index (χ3v) is 10.0. The van der Waals surface area contributed by atoms with E-state index < -0.39 is 5.97 Å². The molecule has 2 atom stereocenters. The second kappa shape index (κ2) is 14.1. The van der Waals surface area contributed by atoms with Crippen LogP contribution in [0.3, 0.4) is 0 Å². The lowest BCUT2D eigenvalue weighted by atomic mass is 9.91. The summed E-state index contributed by atoms with van der Waals surface area (Å²) in [5.41, 5.74) is 9.58. The molecule has 50 heavy (non-hydrogen) atoms. The van der Waals surface area contributed by atoms with Crippen LogP contribution in [0.25, 0.3) is 33.7 Å². The van der Waals surface area contributed by atoms with Gasteiger partial charge >= 0.3 is 5.97 Å². The lowest BCUT2D eigenvalue weighted by Crippen LogP contribution is -2.22. The lowest BCUT2D eigenvalue weighted by Gasteiger charge is -2.18. The zero-order valence-corrected chi connectivity index (χ0v) is 29.0. The molecule has 2 aliphatic rings. The fourth-order valence-corrected chi connectivity index (χ4v) is 7.46. The van der Waals surface area contributed by atoms with Crippen LogP contribution in [0.1, 0.15) is 59.3 Å². The van der Waals surface area contributed by atoms with Gasteiger partial charge in [0.2, 0.25) is 17.7 Å². The number of halogens is 1. The molecular formula is C39H38ClN5O5. The van der Waals surface area contributed by atoms with Gasteiger partial charge in [-0.15, -0.1) is 0 Å². The molecule has 0 saturated carbocycles. The molecule has 3 heterocycles. The number of rotatable bonds is 11. The van der Waals surface area contributed by atoms with Gasteiger partial charge in [-0.2, -0.15) is 10.2 Å². The molecule has 0 spiro atoms. The monoisotopic (exact) mass is 691 g/mol. The Morgan fingerprint density at radius 3 is 2.68 bits per heavy atom. The number of ether oxygens (including phenoxy) is 2. The number of benzene rings is 3. The van der Waals surface area contributed by atoms with E-state index in [-0.39, 0.29) is 12.0 Å². The van der Waals surface area contributed by atoms with Crippen LogP contribution in [0.15, 0.2) is 59.0 Å². The predicted octanol–water partition coefficient (Wildman–Crippen LogP) is 7.48. The van der Waals surface area contributed by atoms with Gasteiger partial charge in [0.25, 0.3) is 0 Å². The van der Waals surface area contributed by atoms with Crippen LogP contribution >= 0.6 is 11.6 Å². The van der Waals surface area contributed by atoms with E-state index in [1.165, 1.54) is 5.56 Å². The van der Waals surface area contributed by atoms with Crippen molar-refractivity contribution in [2.75, 3.05) is 26.7 Å². The normalized spacial score (nSPS) is 17.2. The smallest absolute Gasteiger partial charge is 0.307 e. The Morgan fingerprint density at radius 2 is 1.92 bits per heavy atom. The zero-order valence-electron chi connectivity index (χ0n) is 28.3. The van der Waals surface area contributed by atoms with Crippen molar-refractivity contribution >= 4 is 28.7 Å². The number of oxazole rings is 1. The molecule has 3 aromatic carbocycles. The number of carboxylic acids is 1. The average Bonchev–Trinajstić information content (AvgIpc) is 3.87. The van der Waals surface area contributed by atoms with Crippen LogP contribution in [0.4, 0.5) is 0 Å². The minimum Gasteiger partial charge on any atom is -0.481 e. The van der Waals surface area contributed by atoms with Crippen LogP contribution in [0.5, 0.6) is 11.8 Å². The third kappa shape index (κ3) is 6.40. The summed E-state index contributed by atoms with van der Waals surface area (Å²) >= 11 is 6.65. The topological polar surface area (TPSA) is 134 Å². The van der Waals surface area contributed by atoms with Crippen molar-refractivity contribution < 1.29 is 23.8 Å². The minimum atomic E-state index is -0.766. The van der Waals surface area contributed by atoms with Gasteiger partial charge in [-0.05, 0) is 96.9 Å². The molecule has 2 aromatic heterocycles. The molecule has 1 fully saturated rings. The van der Waals surface area contributed by atoms with E-state index in [0.717, 1.165) is 58.3 Å². The second-order valence-electron chi connectivity index (χ2n) is 12.9. The first kappa shape index (κ1) is 33.5. The van der Waals surface area contributed by atoms with Gasteiger partial charge in [0.15, 0.2) is 5.58 Å². The number of likely N-dealkylation sites (tertiary alicyclic amines) is 1. The number of pyridine rings is 1. The van der Waals surface area contributed by atoms with E-state index in [9.17, 15) is 15.2 Å². The third-order valence-electron chi connectivity index (χ3n) is 9.76. The Morgan fingerprint density at radius 1 is 1.12 bits per heavy atom. The summed E-state index contributed by atoms with van der Waals surface area (Å²) in [6, 6.07) is 20.3. The van der Waals surface area contributed by atoms with E-state index in [0.29, 0.717) is 71.9 Å². The summed E-state index contributed by atoms with van der Waals surface area (Å²) in [7, 11) is 1.60. The number of hydrogen-bond donors (Lipinski definition) is 2. The summed E-state index contributed by atoms with van der Waals surface area (Å²) in [6.45, 7) is 7.26. The average molecular weight is 692 g/mol. The first-order valence-electron chi connectivity index (χ1n) is 16.9. The molecule has 0 amide bonds. The molecule has 1 unspecified atom stereocenters. The number of hydrogen-bond acceptors (Lipinski definition) is 9. The maximum atomic E-state index is 11.4. The molecule has 0 bridgehead atoms. The van der Waals surface area contributed by atoms with Crippen molar-refractivity contribution in [3.8, 4) is 40.4 Å². The van der Waals surface area contributed by atoms with Gasteiger partial charge in [0.1, 0.15) is 22.7 Å². The standard InChI is InChI=1S/C39H38ClN5O5/c1-4-42-19-26-17-32(40)38(44-36(26)48-3)49-34-12-11-30-29(9-6-10-31(30)34)27-7-5-8-28(22(27)2)37-43-33-16-23(15-25(18-41)35(33)50-37)20-45-14-13-24(21-45)39(46)47/h5-10,15-17,24,34,42H,4,11-14,19-21H2,1-3H3,(H,46,47)/t24?,34-/m0/s1. The summed E-state index contributed by atoms with van der Waals surface area (Å²) in [4.78, 5) is 23.0. The molecule has 256 valence electrons. The number of nitrogens with zero attached hydrogens (tertiary/aromatic N) is 4. The van der Waals surface area contributed by atoms with Crippen LogP contribution in [-0.4, -0.2) is 52.7 Å². The molecule has 2 N–H and O–H groups in total. The minimum absolute atomic E-state index is 0.214. The Bertz CT molecular complexity index is 2140. The molecule has 5 aromatic rings. The lowest BCUT2D eigenvalue weighted by molar-refractivity contribution is -0.141. The van der Waals surface area contributed by atoms with Gasteiger partial charge in [-0.25, -0.2) is 4.98 Å². The molecule has 1 aliphatic heterocycles. The fraction of sp³-hybridized carbons (Fsp3) is 0.333. The maximum Gasteiger partial charge on any atom is 0.307 e. The Kier molecular flexibility index (Phi) is 9.47. The highest BCUT2D eigenvalue weighted by Crippen LogP contribution is 2.43. The number of carbonyl (C=O) groups is 1. The predicted molar refractivity (Wildman–Crippen MR) is 190 cm³/mol. The summed E-state index contributed by atoms with van der Waals surface area (Å²) in [6.07, 6.45) is 2.02. The number of nitrogens with one attached hydrogen (secondary N) is 1. The van der Waals surface area contributed by atoms with Gasteiger partial charge in [-0.3, -0.25) is 9.69 Å². The van der Waals surface area contributed by atoms with Gasteiger partial charge in [-0.1, -0.05) is 48.9 Å². The van der Waals surface area contributed by atoms with E-state index in [2.05, 4.69) is 52.5 Å². The van der Waals surface area contributed by atoms with Crippen molar-refractivity contribution in [1.82, 2.24) is 20.2 Å². The number of nitriles is 1. The number of methoxy groups -OCH3 is 1. The maximum absolute atomic E-state index is 11.4. The van der Waals surface area contributed by atoms with Crippen molar-refractivity contribution in [3.05, 3.63) is 93.0 Å². The Labute approximate surface area is 295 Å². The second-order valence-corrected chi connectivity index (χ2v) is 13.3. The van der Waals surface area contributed by atoms with Crippen molar-refractivity contribution in [3.63, 3.8) is 0 Å². The van der Waals surface area contributed by atoms with Gasteiger partial charge in [0, 0.05) is 30.8 Å². The van der Waals surface area contributed by atoms with Crippen molar-refractivity contribution in [2.45, 2.75) is 52.3 Å². The van der Waals surface area contributed by atoms with E-state index >= 15 is 0 Å². The van der Waals surface area contributed by atoms with Crippen LogP contribution in [-0.2, 0) is 24.3 Å². The Hall–Kier alpha value is -4.95. The number of aromatic nitrogens is 2. The quantitative estimate of drug-likeness (QED) is 0.144. The molecular weight excluding hydrogens is 654 g/mol. The molecule has 1 aliphatic carbocycles. The number of fused-ring (bicyclic) bond motifs is 2. The summed E-state index contributed by atoms with van der Waals surface area (Å²) < 4.78 is 18.3. The first-order chi connectivity index (χ1) is 24.3. The van der Waals surface area contributed by atoms with E-state index in [4.69, 9.17) is 30.5 Å². The first-order valence-corrected chi connectivity index (χ1v) is 17.3. The van der Waals surface area contributed by atoms with Crippen LogP contribution in [0, 0.1) is 24.2 Å². The van der Waals surface area contributed by atoms with Gasteiger partial charge < -0.3 is 24.3 Å². The summed E-state index contributed by atoms with van der Waals surface area (Å²) in [5.74, 6) is 0.157. The number of aliphatic carboxylic acids is 1. The van der Waals surface area contributed by atoms with Crippen LogP contribution < -0.4 is 14.8 Å². The van der Waals surface area contributed by atoms with Crippen LogP contribution in [0.2, 0.25) is 5.02 Å². The zero-order chi connectivity index (χ0) is 34.9.